The molecular weight excluding hydrogens is 442 g/mol. The predicted octanol–water partition coefficient (Wildman–Crippen LogP) is 4.93. The summed E-state index contributed by atoms with van der Waals surface area (Å²) >= 11 is 9.96. The fourth-order valence-electron chi connectivity index (χ4n) is 1.49. The number of carbonyl (C=O) groups excluding carboxylic acids is 1. The lowest BCUT2D eigenvalue weighted by Crippen LogP contribution is -2.12. The summed E-state index contributed by atoms with van der Waals surface area (Å²) in [5.41, 5.74) is 0.834. The Kier molecular flexibility index (Phi) is 4.65. The van der Waals surface area contributed by atoms with E-state index in [1.807, 2.05) is 18.2 Å². The van der Waals surface area contributed by atoms with Gasteiger partial charge in [0, 0.05) is 13.4 Å². The van der Waals surface area contributed by atoms with Crippen LogP contribution in [-0.2, 0) is 0 Å². The van der Waals surface area contributed by atoms with Crippen molar-refractivity contribution in [2.45, 2.75) is 0 Å². The van der Waals surface area contributed by atoms with Crippen LogP contribution in [0.2, 0.25) is 0 Å². The Bertz CT molecular complexity index is 624. The van der Waals surface area contributed by atoms with E-state index in [-0.39, 0.29) is 17.2 Å². The molecule has 98 valence electrons. The Morgan fingerprint density at radius 2 is 1.68 bits per heavy atom. The zero-order valence-corrected chi connectivity index (χ0v) is 14.2. The molecule has 2 aromatic carbocycles. The molecule has 1 amide bonds. The number of carbonyl (C=O) groups is 1. The van der Waals surface area contributed by atoms with Gasteiger partial charge in [-0.1, -0.05) is 22.0 Å². The van der Waals surface area contributed by atoms with Crippen molar-refractivity contribution in [2.75, 3.05) is 5.32 Å². The minimum absolute atomic E-state index is 0.0740. The highest BCUT2D eigenvalue weighted by molar-refractivity contribution is 9.11. The van der Waals surface area contributed by atoms with Crippen molar-refractivity contribution < 1.29 is 9.90 Å². The van der Waals surface area contributed by atoms with E-state index in [0.717, 1.165) is 8.95 Å². The van der Waals surface area contributed by atoms with E-state index in [9.17, 15) is 9.90 Å². The molecule has 0 fully saturated rings. The Morgan fingerprint density at radius 3 is 2.26 bits per heavy atom. The van der Waals surface area contributed by atoms with Crippen LogP contribution in [-0.4, -0.2) is 11.0 Å². The Hall–Kier alpha value is -0.850. The molecule has 0 unspecified atom stereocenters. The van der Waals surface area contributed by atoms with Crippen molar-refractivity contribution in [1.29, 1.82) is 0 Å². The van der Waals surface area contributed by atoms with Crippen LogP contribution in [0.15, 0.2) is 49.8 Å². The minimum atomic E-state index is -0.377. The number of rotatable bonds is 2. The van der Waals surface area contributed by atoms with Gasteiger partial charge in [0.1, 0.15) is 5.75 Å². The molecule has 0 radical (unpaired) electrons. The van der Waals surface area contributed by atoms with Crippen LogP contribution in [0.3, 0.4) is 0 Å². The first-order valence-corrected chi connectivity index (χ1v) is 7.61. The Balaban J connectivity index is 2.31. The molecule has 0 spiro atoms. The number of benzene rings is 2. The lowest BCUT2D eigenvalue weighted by atomic mass is 10.2. The maximum Gasteiger partial charge on any atom is 0.259 e. The Morgan fingerprint density at radius 1 is 1.05 bits per heavy atom. The van der Waals surface area contributed by atoms with Gasteiger partial charge in [0.2, 0.25) is 0 Å². The average Bonchev–Trinajstić information content (AvgIpc) is 2.33. The number of para-hydroxylation sites is 1. The molecule has 2 aromatic rings. The van der Waals surface area contributed by atoms with E-state index in [2.05, 4.69) is 53.1 Å². The smallest absolute Gasteiger partial charge is 0.259 e. The van der Waals surface area contributed by atoms with Crippen LogP contribution < -0.4 is 5.32 Å². The van der Waals surface area contributed by atoms with Crippen LogP contribution in [0.5, 0.6) is 5.75 Å². The fourth-order valence-corrected chi connectivity index (χ4v) is 3.04. The number of anilines is 1. The number of aromatic hydroxyl groups is 1. The van der Waals surface area contributed by atoms with E-state index >= 15 is 0 Å². The third-order valence-electron chi connectivity index (χ3n) is 2.41. The highest BCUT2D eigenvalue weighted by Gasteiger charge is 2.14. The van der Waals surface area contributed by atoms with Gasteiger partial charge in [-0.15, -0.1) is 0 Å². The van der Waals surface area contributed by atoms with Crippen molar-refractivity contribution >= 4 is 59.4 Å². The van der Waals surface area contributed by atoms with E-state index in [4.69, 9.17) is 0 Å². The summed E-state index contributed by atoms with van der Waals surface area (Å²) in [7, 11) is 0. The highest BCUT2D eigenvalue weighted by Crippen LogP contribution is 2.31. The molecule has 0 aliphatic heterocycles. The molecule has 2 rings (SSSR count). The van der Waals surface area contributed by atoms with Crippen molar-refractivity contribution in [3.05, 3.63) is 55.4 Å². The van der Waals surface area contributed by atoms with E-state index < -0.39 is 0 Å². The maximum atomic E-state index is 12.1. The SMILES string of the molecule is O=C(Nc1c(Br)cccc1Br)c1ccc(Br)cc1O. The van der Waals surface area contributed by atoms with Gasteiger partial charge in [0.05, 0.1) is 11.3 Å². The molecule has 0 bridgehead atoms. The second kappa shape index (κ2) is 6.07. The van der Waals surface area contributed by atoms with Crippen LogP contribution in [0.25, 0.3) is 0 Å². The minimum Gasteiger partial charge on any atom is -0.507 e. The van der Waals surface area contributed by atoms with Gasteiger partial charge in [-0.3, -0.25) is 4.79 Å². The van der Waals surface area contributed by atoms with E-state index in [1.54, 1.807) is 12.1 Å². The molecule has 0 aliphatic rings. The first-order valence-electron chi connectivity index (χ1n) is 5.23. The van der Waals surface area contributed by atoms with Crippen LogP contribution >= 0.6 is 47.8 Å². The largest absolute Gasteiger partial charge is 0.507 e. The van der Waals surface area contributed by atoms with Gasteiger partial charge >= 0.3 is 0 Å². The molecule has 0 saturated heterocycles. The maximum absolute atomic E-state index is 12.1. The molecule has 6 heteroatoms. The Labute approximate surface area is 135 Å². The molecule has 0 aromatic heterocycles. The van der Waals surface area contributed by atoms with Gasteiger partial charge in [0.15, 0.2) is 0 Å². The lowest BCUT2D eigenvalue weighted by molar-refractivity contribution is 0.102. The number of hydrogen-bond donors (Lipinski definition) is 2. The van der Waals surface area contributed by atoms with Crippen LogP contribution in [0.4, 0.5) is 5.69 Å². The van der Waals surface area contributed by atoms with Crippen molar-refractivity contribution in [3.63, 3.8) is 0 Å². The molecule has 19 heavy (non-hydrogen) atoms. The first kappa shape index (κ1) is 14.6. The number of hydrogen-bond acceptors (Lipinski definition) is 2. The van der Waals surface area contributed by atoms with Gasteiger partial charge in [-0.25, -0.2) is 0 Å². The topological polar surface area (TPSA) is 49.3 Å². The first-order chi connectivity index (χ1) is 8.99. The number of amides is 1. The standard InChI is InChI=1S/C13H8Br3NO2/c14-7-4-5-8(11(18)6-7)13(19)17-12-9(15)2-1-3-10(12)16/h1-6,18H,(H,17,19). The predicted molar refractivity (Wildman–Crippen MR) is 85.6 cm³/mol. The van der Waals surface area contributed by atoms with Gasteiger partial charge in [-0.2, -0.15) is 0 Å². The van der Waals surface area contributed by atoms with Gasteiger partial charge < -0.3 is 10.4 Å². The number of phenolic OH excluding ortho intramolecular Hbond substituents is 1. The molecule has 0 heterocycles. The molecule has 0 aliphatic carbocycles. The van der Waals surface area contributed by atoms with E-state index in [0.29, 0.717) is 10.2 Å². The van der Waals surface area contributed by atoms with Crippen molar-refractivity contribution in [1.82, 2.24) is 0 Å². The molecule has 3 nitrogen and oxygen atoms in total. The lowest BCUT2D eigenvalue weighted by Gasteiger charge is -2.10. The zero-order chi connectivity index (χ0) is 14.0. The quantitative estimate of drug-likeness (QED) is 0.682. The second-order valence-corrected chi connectivity index (χ2v) is 6.34. The summed E-state index contributed by atoms with van der Waals surface area (Å²) in [6.07, 6.45) is 0. The number of phenols is 1. The van der Waals surface area contributed by atoms with Crippen molar-refractivity contribution in [3.8, 4) is 5.75 Å². The summed E-state index contributed by atoms with van der Waals surface area (Å²) in [6.45, 7) is 0. The second-order valence-electron chi connectivity index (χ2n) is 3.71. The van der Waals surface area contributed by atoms with Gasteiger partial charge in [0.25, 0.3) is 5.91 Å². The molecular formula is C13H8Br3NO2. The van der Waals surface area contributed by atoms with E-state index in [1.165, 1.54) is 6.07 Å². The summed E-state index contributed by atoms with van der Waals surface area (Å²) in [5.74, 6) is -0.451. The third-order valence-corrected chi connectivity index (χ3v) is 4.22. The number of nitrogens with one attached hydrogen (secondary N) is 1. The summed E-state index contributed by atoms with van der Waals surface area (Å²) in [5, 5.41) is 12.5. The highest BCUT2D eigenvalue weighted by atomic mass is 79.9. The van der Waals surface area contributed by atoms with Crippen LogP contribution in [0.1, 0.15) is 10.4 Å². The molecule has 0 saturated carbocycles. The molecule has 0 atom stereocenters. The number of halogens is 3. The average molecular weight is 450 g/mol. The summed E-state index contributed by atoms with van der Waals surface area (Å²) < 4.78 is 2.22. The summed E-state index contributed by atoms with van der Waals surface area (Å²) in [6, 6.07) is 10.2. The normalized spacial score (nSPS) is 10.3. The monoisotopic (exact) mass is 447 g/mol. The fraction of sp³-hybridized carbons (Fsp3) is 0. The summed E-state index contributed by atoms with van der Waals surface area (Å²) in [4.78, 5) is 12.1. The van der Waals surface area contributed by atoms with Gasteiger partial charge in [-0.05, 0) is 62.2 Å². The van der Waals surface area contributed by atoms with Crippen LogP contribution in [0, 0.1) is 0 Å². The third kappa shape index (κ3) is 3.38. The van der Waals surface area contributed by atoms with Crippen molar-refractivity contribution in [2.24, 2.45) is 0 Å². The zero-order valence-electron chi connectivity index (χ0n) is 9.45. The molecule has 2 N–H and O–H groups in total.